The number of nitrogens with two attached hydrogens (primary N) is 1. The van der Waals surface area contributed by atoms with Crippen LogP contribution in [0.4, 0.5) is 5.69 Å². The number of amides is 2. The number of hydrogen-bond donors (Lipinski definition) is 4. The van der Waals surface area contributed by atoms with Crippen molar-refractivity contribution in [1.82, 2.24) is 20.6 Å². The largest absolute Gasteiger partial charge is 0.399 e. The summed E-state index contributed by atoms with van der Waals surface area (Å²) in [5, 5.41) is 5.23. The number of H-pyrrole nitrogens is 1. The first-order chi connectivity index (χ1) is 10.1. The third-order valence-electron chi connectivity index (χ3n) is 3.00. The predicted octanol–water partition coefficient (Wildman–Crippen LogP) is 0.0790. The molecule has 2 aromatic rings. The van der Waals surface area contributed by atoms with Crippen LogP contribution in [0.1, 0.15) is 16.1 Å². The van der Waals surface area contributed by atoms with Gasteiger partial charge in [-0.1, -0.05) is 6.07 Å². The Morgan fingerprint density at radius 2 is 2.24 bits per heavy atom. The molecule has 1 unspecified atom stereocenters. The van der Waals surface area contributed by atoms with E-state index in [1.807, 2.05) is 0 Å². The molecule has 1 aromatic heterocycles. The van der Waals surface area contributed by atoms with E-state index in [0.717, 1.165) is 5.69 Å². The quantitative estimate of drug-likeness (QED) is 0.583. The molecule has 0 saturated heterocycles. The summed E-state index contributed by atoms with van der Waals surface area (Å²) in [6.07, 6.45) is 3.46. The van der Waals surface area contributed by atoms with Gasteiger partial charge in [-0.25, -0.2) is 4.98 Å². The fourth-order valence-electron chi connectivity index (χ4n) is 1.92. The third kappa shape index (κ3) is 3.82. The predicted molar refractivity (Wildman–Crippen MR) is 78.5 cm³/mol. The van der Waals surface area contributed by atoms with Crippen LogP contribution < -0.4 is 16.4 Å². The van der Waals surface area contributed by atoms with Crippen molar-refractivity contribution in [2.75, 3.05) is 12.8 Å². The Kier molecular flexibility index (Phi) is 4.55. The number of carbonyl (C=O) groups excluding carboxylic acids is 2. The maximum Gasteiger partial charge on any atom is 0.252 e. The summed E-state index contributed by atoms with van der Waals surface area (Å²) in [6.45, 7) is 0. The minimum absolute atomic E-state index is 0.276. The molecule has 0 fully saturated rings. The van der Waals surface area contributed by atoms with Crippen molar-refractivity contribution in [2.45, 2.75) is 12.5 Å². The molecule has 0 aliphatic carbocycles. The van der Waals surface area contributed by atoms with Crippen LogP contribution in [-0.2, 0) is 11.2 Å². The topological polar surface area (TPSA) is 113 Å². The van der Waals surface area contributed by atoms with E-state index in [2.05, 4.69) is 20.6 Å². The van der Waals surface area contributed by atoms with Crippen molar-refractivity contribution in [1.29, 1.82) is 0 Å². The maximum absolute atomic E-state index is 12.2. The highest BCUT2D eigenvalue weighted by Gasteiger charge is 2.21. The Morgan fingerprint density at radius 1 is 1.43 bits per heavy atom. The third-order valence-corrected chi connectivity index (χ3v) is 3.00. The van der Waals surface area contributed by atoms with Crippen molar-refractivity contribution < 1.29 is 9.59 Å². The average molecular weight is 287 g/mol. The molecular formula is C14H17N5O2. The SMILES string of the molecule is CNC(=O)C(Cc1cnc[nH]1)NC(=O)c1cccc(N)c1. The number of rotatable bonds is 5. The van der Waals surface area contributed by atoms with Gasteiger partial charge in [-0.15, -0.1) is 0 Å². The molecule has 7 nitrogen and oxygen atoms in total. The number of nitrogen functional groups attached to an aromatic ring is 1. The Labute approximate surface area is 122 Å². The molecule has 2 amide bonds. The Bertz CT molecular complexity index is 624. The number of likely N-dealkylation sites (N-methyl/N-ethyl adjacent to an activating group) is 1. The molecular weight excluding hydrogens is 270 g/mol. The van der Waals surface area contributed by atoms with Gasteiger partial charge in [-0.3, -0.25) is 9.59 Å². The average Bonchev–Trinajstić information content (AvgIpc) is 2.98. The summed E-state index contributed by atoms with van der Waals surface area (Å²) in [5.74, 6) is -0.628. The summed E-state index contributed by atoms with van der Waals surface area (Å²) < 4.78 is 0. The molecule has 0 spiro atoms. The van der Waals surface area contributed by atoms with Crippen LogP contribution >= 0.6 is 0 Å². The van der Waals surface area contributed by atoms with Gasteiger partial charge in [0, 0.05) is 36.6 Å². The second-order valence-corrected chi connectivity index (χ2v) is 4.55. The van der Waals surface area contributed by atoms with E-state index in [1.54, 1.807) is 30.5 Å². The van der Waals surface area contributed by atoms with Crippen LogP contribution in [0.5, 0.6) is 0 Å². The lowest BCUT2D eigenvalue weighted by atomic mass is 10.1. The van der Waals surface area contributed by atoms with Crippen molar-refractivity contribution in [2.24, 2.45) is 0 Å². The molecule has 0 saturated carbocycles. The highest BCUT2D eigenvalue weighted by molar-refractivity contribution is 5.98. The van der Waals surface area contributed by atoms with Gasteiger partial charge in [0.2, 0.25) is 5.91 Å². The Balaban J connectivity index is 2.11. The highest BCUT2D eigenvalue weighted by Crippen LogP contribution is 2.07. The lowest BCUT2D eigenvalue weighted by Crippen LogP contribution is -2.47. The lowest BCUT2D eigenvalue weighted by molar-refractivity contribution is -0.122. The first-order valence-corrected chi connectivity index (χ1v) is 6.45. The lowest BCUT2D eigenvalue weighted by Gasteiger charge is -2.16. The molecule has 110 valence electrons. The summed E-state index contributed by atoms with van der Waals surface area (Å²) >= 11 is 0. The number of carbonyl (C=O) groups is 2. The van der Waals surface area contributed by atoms with Gasteiger partial charge in [-0.2, -0.15) is 0 Å². The molecule has 7 heteroatoms. The van der Waals surface area contributed by atoms with Crippen LogP contribution in [0.3, 0.4) is 0 Å². The zero-order valence-electron chi connectivity index (χ0n) is 11.6. The van der Waals surface area contributed by atoms with Gasteiger partial charge in [0.05, 0.1) is 6.33 Å². The molecule has 21 heavy (non-hydrogen) atoms. The maximum atomic E-state index is 12.2. The van der Waals surface area contributed by atoms with Gasteiger partial charge in [-0.05, 0) is 18.2 Å². The normalized spacial score (nSPS) is 11.7. The van der Waals surface area contributed by atoms with Gasteiger partial charge in [0.25, 0.3) is 5.91 Å². The first kappa shape index (κ1) is 14.6. The number of hydrogen-bond acceptors (Lipinski definition) is 4. The van der Waals surface area contributed by atoms with Crippen molar-refractivity contribution in [3.63, 3.8) is 0 Å². The van der Waals surface area contributed by atoms with Gasteiger partial charge in [0.15, 0.2) is 0 Å². The number of nitrogens with zero attached hydrogens (tertiary/aromatic N) is 1. The molecule has 0 aliphatic heterocycles. The van der Waals surface area contributed by atoms with E-state index < -0.39 is 6.04 Å². The van der Waals surface area contributed by atoms with Gasteiger partial charge < -0.3 is 21.4 Å². The monoisotopic (exact) mass is 287 g/mol. The summed E-state index contributed by atoms with van der Waals surface area (Å²) in [6, 6.07) is 5.89. The summed E-state index contributed by atoms with van der Waals surface area (Å²) in [4.78, 5) is 30.9. The second kappa shape index (κ2) is 6.56. The smallest absolute Gasteiger partial charge is 0.252 e. The van der Waals surface area contributed by atoms with Gasteiger partial charge in [0.1, 0.15) is 6.04 Å². The molecule has 0 radical (unpaired) electrons. The number of aromatic amines is 1. The fourth-order valence-corrected chi connectivity index (χ4v) is 1.92. The van der Waals surface area contributed by atoms with E-state index in [0.29, 0.717) is 17.7 Å². The molecule has 1 atom stereocenters. The Morgan fingerprint density at radius 3 is 2.86 bits per heavy atom. The standard InChI is InChI=1S/C14H17N5O2/c1-16-14(21)12(6-11-7-17-8-18-11)19-13(20)9-3-2-4-10(15)5-9/h2-5,7-8,12H,6,15H2,1H3,(H,16,21)(H,17,18)(H,19,20). The van der Waals surface area contributed by atoms with E-state index in [4.69, 9.17) is 5.73 Å². The van der Waals surface area contributed by atoms with Crippen LogP contribution in [0.25, 0.3) is 0 Å². The minimum atomic E-state index is -0.690. The summed E-state index contributed by atoms with van der Waals surface area (Å²) in [7, 11) is 1.52. The van der Waals surface area contributed by atoms with E-state index >= 15 is 0 Å². The minimum Gasteiger partial charge on any atom is -0.399 e. The number of imidazole rings is 1. The fraction of sp³-hybridized carbons (Fsp3) is 0.214. The van der Waals surface area contributed by atoms with Crippen molar-refractivity contribution >= 4 is 17.5 Å². The Hall–Kier alpha value is -2.83. The van der Waals surface area contributed by atoms with Crippen LogP contribution in [0, 0.1) is 0 Å². The van der Waals surface area contributed by atoms with Crippen molar-refractivity contribution in [3.05, 3.63) is 48.0 Å². The number of benzene rings is 1. The van der Waals surface area contributed by atoms with Crippen LogP contribution in [-0.4, -0.2) is 34.9 Å². The molecule has 5 N–H and O–H groups in total. The molecule has 0 aliphatic rings. The first-order valence-electron chi connectivity index (χ1n) is 6.45. The molecule has 1 heterocycles. The molecule has 2 rings (SSSR count). The van der Waals surface area contributed by atoms with E-state index in [1.165, 1.54) is 13.4 Å². The summed E-state index contributed by atoms with van der Waals surface area (Å²) in [5.41, 5.74) is 7.31. The second-order valence-electron chi connectivity index (χ2n) is 4.55. The van der Waals surface area contributed by atoms with Crippen LogP contribution in [0.15, 0.2) is 36.8 Å². The number of anilines is 1. The van der Waals surface area contributed by atoms with Gasteiger partial charge >= 0.3 is 0 Å². The highest BCUT2D eigenvalue weighted by atomic mass is 16.2. The molecule has 0 bridgehead atoms. The number of aromatic nitrogens is 2. The van der Waals surface area contributed by atoms with E-state index in [9.17, 15) is 9.59 Å². The van der Waals surface area contributed by atoms with Crippen LogP contribution in [0.2, 0.25) is 0 Å². The zero-order valence-corrected chi connectivity index (χ0v) is 11.6. The zero-order chi connectivity index (χ0) is 15.2. The van der Waals surface area contributed by atoms with Crippen molar-refractivity contribution in [3.8, 4) is 0 Å². The number of nitrogens with one attached hydrogen (secondary N) is 3. The van der Waals surface area contributed by atoms with E-state index in [-0.39, 0.29) is 11.8 Å². The molecule has 1 aromatic carbocycles.